The van der Waals surface area contributed by atoms with Gasteiger partial charge in [0.25, 0.3) is 5.56 Å². The molecule has 1 N–H and O–H groups in total. The number of piperidine rings is 1. The molecule has 1 saturated heterocycles. The normalized spacial score (nSPS) is 15.2. The number of halogens is 2. The Morgan fingerprint density at radius 1 is 1.18 bits per heavy atom. The first-order valence-corrected chi connectivity index (χ1v) is 8.98. The molecule has 0 unspecified atom stereocenters. The fourth-order valence-corrected chi connectivity index (χ4v) is 3.69. The number of hydrogen-bond acceptors (Lipinski definition) is 3. The van der Waals surface area contributed by atoms with Crippen LogP contribution in [0.5, 0.6) is 0 Å². The Morgan fingerprint density at radius 3 is 2.64 bits per heavy atom. The van der Waals surface area contributed by atoms with E-state index in [4.69, 9.17) is 0 Å². The van der Waals surface area contributed by atoms with Crippen LogP contribution in [0.4, 0.5) is 19.3 Å². The average molecular weight is 387 g/mol. The zero-order valence-electron chi connectivity index (χ0n) is 15.2. The lowest BCUT2D eigenvalue weighted by atomic mass is 9.93. The number of fused-ring (bicyclic) bond motifs is 1. The van der Waals surface area contributed by atoms with Crippen molar-refractivity contribution >= 4 is 17.4 Å². The van der Waals surface area contributed by atoms with Gasteiger partial charge in [0.05, 0.1) is 11.9 Å². The number of anilines is 1. The summed E-state index contributed by atoms with van der Waals surface area (Å²) in [5, 5.41) is 6.50. The fourth-order valence-electron chi connectivity index (χ4n) is 3.69. The Kier molecular flexibility index (Phi) is 4.58. The van der Waals surface area contributed by atoms with Gasteiger partial charge in [-0.05, 0) is 25.0 Å². The summed E-state index contributed by atoms with van der Waals surface area (Å²) in [6.45, 7) is 0.940. The van der Waals surface area contributed by atoms with Crippen molar-refractivity contribution in [3.8, 4) is 0 Å². The smallest absolute Gasteiger partial charge is 0.321 e. The molecule has 2 aromatic heterocycles. The van der Waals surface area contributed by atoms with Crippen LogP contribution in [-0.4, -0.2) is 38.2 Å². The van der Waals surface area contributed by atoms with Crippen molar-refractivity contribution in [2.75, 3.05) is 18.4 Å². The van der Waals surface area contributed by atoms with Gasteiger partial charge in [0.15, 0.2) is 0 Å². The second-order valence-electron chi connectivity index (χ2n) is 6.88. The highest BCUT2D eigenvalue weighted by molar-refractivity contribution is 5.89. The molecule has 0 radical (unpaired) electrons. The van der Waals surface area contributed by atoms with Crippen LogP contribution < -0.4 is 10.9 Å². The standard InChI is InChI=1S/C19H19F2N5O2/c1-24-16(11-18(27)26-17(24)4-7-22-26)12-5-8-25(9-6-12)19(28)23-15-3-2-13(20)10-14(15)21/h2-4,7,10-12H,5-6,8-9H2,1H3,(H,23,28). The second kappa shape index (κ2) is 7.06. The Morgan fingerprint density at radius 2 is 1.93 bits per heavy atom. The number of urea groups is 1. The van der Waals surface area contributed by atoms with Crippen molar-refractivity contribution in [2.45, 2.75) is 18.8 Å². The third-order valence-electron chi connectivity index (χ3n) is 5.21. The molecule has 0 bridgehead atoms. The van der Waals surface area contributed by atoms with Gasteiger partial charge in [-0.15, -0.1) is 0 Å². The van der Waals surface area contributed by atoms with E-state index in [2.05, 4.69) is 10.4 Å². The molecular formula is C19H19F2N5O2. The molecule has 4 rings (SSSR count). The zero-order valence-corrected chi connectivity index (χ0v) is 15.2. The summed E-state index contributed by atoms with van der Waals surface area (Å²) in [5.41, 5.74) is 1.39. The number of carbonyl (C=O) groups is 1. The second-order valence-corrected chi connectivity index (χ2v) is 6.88. The van der Waals surface area contributed by atoms with Crippen molar-refractivity contribution in [3.63, 3.8) is 0 Å². The van der Waals surface area contributed by atoms with E-state index in [9.17, 15) is 18.4 Å². The third kappa shape index (κ3) is 3.23. The number of benzene rings is 1. The molecule has 2 amide bonds. The topological polar surface area (TPSA) is 71.6 Å². The van der Waals surface area contributed by atoms with Crippen LogP contribution in [0, 0.1) is 11.6 Å². The molecule has 9 heteroatoms. The predicted molar refractivity (Wildman–Crippen MR) is 99.4 cm³/mol. The molecule has 0 saturated carbocycles. The number of rotatable bonds is 2. The maximum absolute atomic E-state index is 13.7. The average Bonchev–Trinajstić information content (AvgIpc) is 3.18. The minimum absolute atomic E-state index is 0.0536. The lowest BCUT2D eigenvalue weighted by Crippen LogP contribution is -2.41. The van der Waals surface area contributed by atoms with Crippen molar-refractivity contribution < 1.29 is 13.6 Å². The maximum atomic E-state index is 13.7. The van der Waals surface area contributed by atoms with Crippen LogP contribution in [0.1, 0.15) is 24.5 Å². The number of aromatic nitrogens is 3. The van der Waals surface area contributed by atoms with Crippen molar-refractivity contribution in [1.29, 1.82) is 0 Å². The van der Waals surface area contributed by atoms with Crippen LogP contribution in [0.3, 0.4) is 0 Å². The Hall–Kier alpha value is -3.23. The summed E-state index contributed by atoms with van der Waals surface area (Å²) >= 11 is 0. The van der Waals surface area contributed by atoms with E-state index < -0.39 is 17.7 Å². The number of amides is 2. The molecule has 146 valence electrons. The van der Waals surface area contributed by atoms with Gasteiger partial charge >= 0.3 is 6.03 Å². The summed E-state index contributed by atoms with van der Waals surface area (Å²) in [4.78, 5) is 26.2. The molecule has 1 aliphatic heterocycles. The van der Waals surface area contributed by atoms with Gasteiger partial charge in [-0.25, -0.2) is 13.6 Å². The summed E-state index contributed by atoms with van der Waals surface area (Å²) in [5.74, 6) is -1.38. The molecule has 3 aromatic rings. The Balaban J connectivity index is 1.45. The van der Waals surface area contributed by atoms with Gasteiger partial charge in [-0.3, -0.25) is 4.79 Å². The number of carbonyl (C=O) groups excluding carboxylic acids is 1. The predicted octanol–water partition coefficient (Wildman–Crippen LogP) is 2.72. The van der Waals surface area contributed by atoms with Gasteiger partial charge in [0.1, 0.15) is 17.3 Å². The van der Waals surface area contributed by atoms with Gasteiger partial charge in [-0.1, -0.05) is 0 Å². The first-order valence-electron chi connectivity index (χ1n) is 8.98. The highest BCUT2D eigenvalue weighted by atomic mass is 19.1. The monoisotopic (exact) mass is 387 g/mol. The molecule has 1 fully saturated rings. The van der Waals surface area contributed by atoms with E-state index in [1.165, 1.54) is 10.6 Å². The van der Waals surface area contributed by atoms with Crippen molar-refractivity contribution in [3.05, 3.63) is 64.2 Å². The summed E-state index contributed by atoms with van der Waals surface area (Å²) in [6.07, 6.45) is 2.94. The number of likely N-dealkylation sites (tertiary alicyclic amines) is 1. The van der Waals surface area contributed by atoms with Gasteiger partial charge in [-0.2, -0.15) is 9.61 Å². The van der Waals surface area contributed by atoms with Gasteiger partial charge in [0.2, 0.25) is 0 Å². The van der Waals surface area contributed by atoms with Crippen LogP contribution in [0.2, 0.25) is 0 Å². The third-order valence-corrected chi connectivity index (χ3v) is 5.21. The first-order chi connectivity index (χ1) is 13.4. The minimum Gasteiger partial charge on any atom is -0.333 e. The molecule has 0 atom stereocenters. The molecule has 0 aliphatic carbocycles. The molecule has 3 heterocycles. The van der Waals surface area contributed by atoms with E-state index in [0.717, 1.165) is 23.5 Å². The maximum Gasteiger partial charge on any atom is 0.321 e. The summed E-state index contributed by atoms with van der Waals surface area (Å²) in [6, 6.07) is 5.97. The molecule has 1 aliphatic rings. The van der Waals surface area contributed by atoms with Crippen LogP contribution in [-0.2, 0) is 7.05 Å². The number of nitrogens with one attached hydrogen (secondary N) is 1. The molecule has 28 heavy (non-hydrogen) atoms. The SMILES string of the molecule is Cn1c(C2CCN(C(=O)Nc3ccc(F)cc3F)CC2)cc(=O)n2nccc12. The molecule has 7 nitrogen and oxygen atoms in total. The highest BCUT2D eigenvalue weighted by Crippen LogP contribution is 2.28. The van der Waals surface area contributed by atoms with E-state index in [1.54, 1.807) is 23.2 Å². The quantitative estimate of drug-likeness (QED) is 0.735. The highest BCUT2D eigenvalue weighted by Gasteiger charge is 2.26. The lowest BCUT2D eigenvalue weighted by molar-refractivity contribution is 0.193. The van der Waals surface area contributed by atoms with E-state index >= 15 is 0 Å². The van der Waals surface area contributed by atoms with Gasteiger partial charge in [0, 0.05) is 49.9 Å². The van der Waals surface area contributed by atoms with Crippen LogP contribution >= 0.6 is 0 Å². The lowest BCUT2D eigenvalue weighted by Gasteiger charge is -2.33. The number of hydrogen-bond donors (Lipinski definition) is 1. The molecule has 0 spiro atoms. The summed E-state index contributed by atoms with van der Waals surface area (Å²) < 4.78 is 30.0. The molecule has 1 aromatic carbocycles. The van der Waals surface area contributed by atoms with E-state index in [0.29, 0.717) is 25.9 Å². The summed E-state index contributed by atoms with van der Waals surface area (Å²) in [7, 11) is 1.89. The van der Waals surface area contributed by atoms with Gasteiger partial charge < -0.3 is 14.8 Å². The fraction of sp³-hybridized carbons (Fsp3) is 0.316. The number of aryl methyl sites for hydroxylation is 1. The minimum atomic E-state index is -0.813. The van der Waals surface area contributed by atoms with E-state index in [1.807, 2.05) is 11.6 Å². The van der Waals surface area contributed by atoms with Crippen LogP contribution in [0.25, 0.3) is 5.65 Å². The largest absolute Gasteiger partial charge is 0.333 e. The number of nitrogens with zero attached hydrogens (tertiary/aromatic N) is 4. The van der Waals surface area contributed by atoms with Crippen molar-refractivity contribution in [2.24, 2.45) is 7.05 Å². The van der Waals surface area contributed by atoms with E-state index in [-0.39, 0.29) is 17.2 Å². The van der Waals surface area contributed by atoms with Crippen molar-refractivity contribution in [1.82, 2.24) is 19.1 Å². The van der Waals surface area contributed by atoms with Crippen LogP contribution in [0.15, 0.2) is 41.3 Å². The molecular weight excluding hydrogens is 368 g/mol. The Labute approximate surface area is 159 Å². The Bertz CT molecular complexity index is 1100. The zero-order chi connectivity index (χ0) is 19.8. The first kappa shape index (κ1) is 18.1.